The number of hydrogen-bond acceptors (Lipinski definition) is 3. The van der Waals surface area contributed by atoms with Crippen LogP contribution in [0.4, 0.5) is 0 Å². The number of likely N-dealkylation sites (tertiary alicyclic amines) is 1. The van der Waals surface area contributed by atoms with Gasteiger partial charge in [0.2, 0.25) is 5.91 Å². The van der Waals surface area contributed by atoms with Crippen molar-refractivity contribution < 1.29 is 9.90 Å². The van der Waals surface area contributed by atoms with Gasteiger partial charge in [-0.3, -0.25) is 4.79 Å². The Bertz CT molecular complexity index is 431. The first-order chi connectivity index (χ1) is 9.99. The van der Waals surface area contributed by atoms with Crippen LogP contribution in [0.3, 0.4) is 0 Å². The molecule has 4 heteroatoms. The molecule has 1 aliphatic carbocycles. The quantitative estimate of drug-likeness (QED) is 0.809. The van der Waals surface area contributed by atoms with Crippen molar-refractivity contribution in [2.24, 2.45) is 17.3 Å². The number of nitrogens with zero attached hydrogens (tertiary/aromatic N) is 1. The van der Waals surface area contributed by atoms with E-state index in [2.05, 4.69) is 36.2 Å². The molecule has 2 N–H and O–H groups in total. The van der Waals surface area contributed by atoms with Crippen molar-refractivity contribution in [1.29, 1.82) is 0 Å². The van der Waals surface area contributed by atoms with Gasteiger partial charge in [-0.15, -0.1) is 0 Å². The molecule has 0 spiro atoms. The Labute approximate surface area is 127 Å². The Kier molecular flexibility index (Phi) is 5.22. The van der Waals surface area contributed by atoms with E-state index in [0.717, 1.165) is 32.5 Å². The van der Waals surface area contributed by atoms with Gasteiger partial charge in [-0.1, -0.05) is 38.2 Å². The van der Waals surface area contributed by atoms with Crippen molar-refractivity contribution in [3.63, 3.8) is 0 Å². The lowest BCUT2D eigenvalue weighted by Crippen LogP contribution is -2.49. The summed E-state index contributed by atoms with van der Waals surface area (Å²) in [5.41, 5.74) is -0.467. The number of amides is 1. The van der Waals surface area contributed by atoms with Crippen molar-refractivity contribution in [1.82, 2.24) is 10.2 Å². The summed E-state index contributed by atoms with van der Waals surface area (Å²) in [7, 11) is 1.72. The number of allylic oxidation sites excluding steroid dienone is 3. The highest BCUT2D eigenvalue weighted by atomic mass is 16.3. The fourth-order valence-corrected chi connectivity index (χ4v) is 3.71. The van der Waals surface area contributed by atoms with Crippen LogP contribution in [0.15, 0.2) is 24.3 Å². The second-order valence-electron chi connectivity index (χ2n) is 6.66. The summed E-state index contributed by atoms with van der Waals surface area (Å²) in [6.45, 7) is 6.89. The van der Waals surface area contributed by atoms with Gasteiger partial charge >= 0.3 is 0 Å². The molecule has 21 heavy (non-hydrogen) atoms. The Balaban J connectivity index is 2.22. The molecule has 3 atom stereocenters. The number of hydrogen-bond donors (Lipinski definition) is 2. The highest BCUT2D eigenvalue weighted by Crippen LogP contribution is 2.41. The number of nitrogens with one attached hydrogen (secondary N) is 1. The van der Waals surface area contributed by atoms with Gasteiger partial charge in [0.05, 0.1) is 11.5 Å². The van der Waals surface area contributed by atoms with Crippen LogP contribution >= 0.6 is 0 Å². The highest BCUT2D eigenvalue weighted by Gasteiger charge is 2.45. The van der Waals surface area contributed by atoms with Crippen molar-refractivity contribution >= 4 is 5.91 Å². The van der Waals surface area contributed by atoms with E-state index in [1.165, 1.54) is 0 Å². The maximum atomic E-state index is 12.6. The van der Waals surface area contributed by atoms with Gasteiger partial charge in [0.1, 0.15) is 0 Å². The van der Waals surface area contributed by atoms with Crippen molar-refractivity contribution in [3.8, 4) is 0 Å². The fourth-order valence-electron chi connectivity index (χ4n) is 3.71. The average Bonchev–Trinajstić information content (AvgIpc) is 2.89. The summed E-state index contributed by atoms with van der Waals surface area (Å²) < 4.78 is 0. The summed E-state index contributed by atoms with van der Waals surface area (Å²) in [6, 6.07) is 0. The minimum absolute atomic E-state index is 0.0987. The summed E-state index contributed by atoms with van der Waals surface area (Å²) in [6.07, 6.45) is 9.55. The lowest BCUT2D eigenvalue weighted by Gasteiger charge is -2.41. The topological polar surface area (TPSA) is 52.6 Å². The molecule has 2 rings (SSSR count). The Morgan fingerprint density at radius 3 is 2.71 bits per heavy atom. The Morgan fingerprint density at radius 1 is 1.48 bits per heavy atom. The molecule has 1 amide bonds. The lowest BCUT2D eigenvalue weighted by atomic mass is 9.66. The molecule has 0 bridgehead atoms. The number of aliphatic hydroxyl groups excluding tert-OH is 1. The van der Waals surface area contributed by atoms with Gasteiger partial charge in [0, 0.05) is 26.7 Å². The van der Waals surface area contributed by atoms with Gasteiger partial charge in [0.15, 0.2) is 0 Å². The standard InChI is InChI=1S/C17H28N2O2/c1-13(2)15(12-19-10-7-14(20)11-19)17(16(21)18-3)8-5-4-6-9-17/h4-6,8,13-15,20H,7,9-12H2,1-3H3,(H,18,21)/t14-,15?,17?/m0/s1. The lowest BCUT2D eigenvalue weighted by molar-refractivity contribution is -0.132. The SMILES string of the molecule is CNC(=O)C1(C(CN2CC[C@H](O)C2)C(C)C)C=CC=CC1. The third-order valence-corrected chi connectivity index (χ3v) is 4.92. The van der Waals surface area contributed by atoms with E-state index in [1.54, 1.807) is 7.05 Å². The van der Waals surface area contributed by atoms with Crippen molar-refractivity contribution in [2.45, 2.75) is 32.8 Å². The molecule has 0 radical (unpaired) electrons. The van der Waals surface area contributed by atoms with Gasteiger partial charge < -0.3 is 15.3 Å². The van der Waals surface area contributed by atoms with Crippen LogP contribution in [0.1, 0.15) is 26.7 Å². The predicted octanol–water partition coefficient (Wildman–Crippen LogP) is 1.57. The van der Waals surface area contributed by atoms with Crippen LogP contribution in [0, 0.1) is 17.3 Å². The van der Waals surface area contributed by atoms with Gasteiger partial charge in [-0.25, -0.2) is 0 Å². The van der Waals surface area contributed by atoms with Crippen LogP contribution in [-0.4, -0.2) is 48.7 Å². The van der Waals surface area contributed by atoms with Crippen LogP contribution < -0.4 is 5.32 Å². The zero-order chi connectivity index (χ0) is 15.5. The Hall–Kier alpha value is -1.13. The van der Waals surface area contributed by atoms with E-state index in [0.29, 0.717) is 5.92 Å². The molecule has 0 aromatic rings. The van der Waals surface area contributed by atoms with Gasteiger partial charge in [-0.05, 0) is 24.7 Å². The molecule has 1 saturated heterocycles. The first-order valence-corrected chi connectivity index (χ1v) is 7.96. The van der Waals surface area contributed by atoms with Crippen molar-refractivity contribution in [3.05, 3.63) is 24.3 Å². The van der Waals surface area contributed by atoms with E-state index in [-0.39, 0.29) is 17.9 Å². The molecule has 118 valence electrons. The van der Waals surface area contributed by atoms with E-state index in [1.807, 2.05) is 12.2 Å². The molecule has 1 heterocycles. The number of β-amino-alcohol motifs (C(OH)–C–C–N with tert-alkyl or cyclic N) is 1. The van der Waals surface area contributed by atoms with E-state index in [9.17, 15) is 9.90 Å². The van der Waals surface area contributed by atoms with Crippen molar-refractivity contribution in [2.75, 3.05) is 26.7 Å². The van der Waals surface area contributed by atoms with Gasteiger partial charge in [0.25, 0.3) is 0 Å². The summed E-state index contributed by atoms with van der Waals surface area (Å²) in [5.74, 6) is 0.738. The third-order valence-electron chi connectivity index (χ3n) is 4.92. The van der Waals surface area contributed by atoms with Crippen LogP contribution in [-0.2, 0) is 4.79 Å². The molecule has 2 unspecified atom stereocenters. The molecule has 0 aromatic heterocycles. The Morgan fingerprint density at radius 2 is 2.24 bits per heavy atom. The smallest absolute Gasteiger partial charge is 0.230 e. The number of aliphatic hydroxyl groups is 1. The van der Waals surface area contributed by atoms with E-state index in [4.69, 9.17) is 0 Å². The van der Waals surface area contributed by atoms with Crippen LogP contribution in [0.5, 0.6) is 0 Å². The van der Waals surface area contributed by atoms with E-state index < -0.39 is 5.41 Å². The first kappa shape index (κ1) is 16.2. The summed E-state index contributed by atoms with van der Waals surface area (Å²) in [5, 5.41) is 12.6. The first-order valence-electron chi connectivity index (χ1n) is 7.96. The number of carbonyl (C=O) groups is 1. The molecule has 2 aliphatic rings. The third kappa shape index (κ3) is 3.38. The average molecular weight is 292 g/mol. The van der Waals surface area contributed by atoms with Gasteiger partial charge in [-0.2, -0.15) is 0 Å². The molecule has 0 saturated carbocycles. The number of rotatable bonds is 5. The predicted molar refractivity (Wildman–Crippen MR) is 84.8 cm³/mol. The van der Waals surface area contributed by atoms with Crippen LogP contribution in [0.25, 0.3) is 0 Å². The monoisotopic (exact) mass is 292 g/mol. The molecule has 4 nitrogen and oxygen atoms in total. The maximum Gasteiger partial charge on any atom is 0.230 e. The minimum Gasteiger partial charge on any atom is -0.392 e. The number of carbonyl (C=O) groups excluding carboxylic acids is 1. The van der Waals surface area contributed by atoms with Crippen LogP contribution in [0.2, 0.25) is 0 Å². The zero-order valence-corrected chi connectivity index (χ0v) is 13.4. The molecule has 1 aliphatic heterocycles. The fraction of sp³-hybridized carbons (Fsp3) is 0.706. The highest BCUT2D eigenvalue weighted by molar-refractivity contribution is 5.85. The molecule has 0 aromatic carbocycles. The molecule has 1 fully saturated rings. The molecular formula is C17H28N2O2. The largest absolute Gasteiger partial charge is 0.392 e. The second-order valence-corrected chi connectivity index (χ2v) is 6.66. The summed E-state index contributed by atoms with van der Waals surface area (Å²) in [4.78, 5) is 14.9. The van der Waals surface area contributed by atoms with E-state index >= 15 is 0 Å². The summed E-state index contributed by atoms with van der Waals surface area (Å²) >= 11 is 0. The normalized spacial score (nSPS) is 30.8. The molecular weight excluding hydrogens is 264 g/mol. The minimum atomic E-state index is -0.467. The maximum absolute atomic E-state index is 12.6. The second kappa shape index (κ2) is 6.75. The zero-order valence-electron chi connectivity index (χ0n) is 13.4.